The molecular weight excluding hydrogens is 378 g/mol. The maximum Gasteiger partial charge on any atom is 0.255 e. The van der Waals surface area contributed by atoms with Gasteiger partial charge in [-0.2, -0.15) is 9.41 Å². The van der Waals surface area contributed by atoms with E-state index in [0.717, 1.165) is 4.31 Å². The predicted octanol–water partition coefficient (Wildman–Crippen LogP) is 2.12. The van der Waals surface area contributed by atoms with Crippen molar-refractivity contribution in [2.75, 3.05) is 20.7 Å². The molecule has 0 saturated heterocycles. The van der Waals surface area contributed by atoms with Gasteiger partial charge in [-0.15, -0.1) is 0 Å². The van der Waals surface area contributed by atoms with Crippen LogP contribution < -0.4 is 10.2 Å². The molecule has 138 valence electrons. The monoisotopic (exact) mass is 395 g/mol. The van der Waals surface area contributed by atoms with Crippen LogP contribution in [-0.4, -0.2) is 45.5 Å². The van der Waals surface area contributed by atoms with Crippen molar-refractivity contribution in [3.05, 3.63) is 59.1 Å². The van der Waals surface area contributed by atoms with E-state index in [0.29, 0.717) is 16.3 Å². The van der Waals surface area contributed by atoms with Crippen LogP contribution in [0.4, 0.5) is 0 Å². The van der Waals surface area contributed by atoms with Gasteiger partial charge in [0, 0.05) is 17.6 Å². The fourth-order valence-corrected chi connectivity index (χ4v) is 3.31. The smallest absolute Gasteiger partial charge is 0.255 e. The van der Waals surface area contributed by atoms with E-state index < -0.39 is 15.9 Å². The number of para-hydroxylation sites is 1. The molecule has 0 aromatic heterocycles. The minimum atomic E-state index is -3.80. The molecule has 2 aromatic carbocycles. The van der Waals surface area contributed by atoms with Crippen molar-refractivity contribution in [3.63, 3.8) is 0 Å². The summed E-state index contributed by atoms with van der Waals surface area (Å²) in [6.07, 6.45) is 1.42. The maximum absolute atomic E-state index is 12.4. The molecule has 0 aliphatic rings. The molecule has 0 aliphatic carbocycles. The maximum atomic E-state index is 12.4. The standard InChI is InChI=1S/C17H18ClN3O4S/c1-21(26(23,24)15-9-7-14(18)8-10-15)12-17(22)20-19-11-13-5-3-4-6-16(13)25-2/h3-11H,12H2,1-2H3,(H,20,22)/b19-11-. The molecule has 0 unspecified atom stereocenters. The van der Waals surface area contributed by atoms with E-state index in [1.54, 1.807) is 18.2 Å². The Hall–Kier alpha value is -2.42. The highest BCUT2D eigenvalue weighted by Crippen LogP contribution is 2.17. The average molecular weight is 396 g/mol. The molecule has 0 atom stereocenters. The zero-order valence-corrected chi connectivity index (χ0v) is 15.8. The van der Waals surface area contributed by atoms with E-state index in [4.69, 9.17) is 16.3 Å². The van der Waals surface area contributed by atoms with Crippen molar-refractivity contribution >= 4 is 33.7 Å². The molecule has 2 rings (SSSR count). The highest BCUT2D eigenvalue weighted by molar-refractivity contribution is 7.89. The fraction of sp³-hybridized carbons (Fsp3) is 0.176. The van der Waals surface area contributed by atoms with E-state index >= 15 is 0 Å². The van der Waals surface area contributed by atoms with Crippen molar-refractivity contribution in [2.24, 2.45) is 5.10 Å². The number of likely N-dealkylation sites (N-methyl/N-ethyl adjacent to an activating group) is 1. The van der Waals surface area contributed by atoms with Crippen molar-refractivity contribution in [3.8, 4) is 5.75 Å². The van der Waals surface area contributed by atoms with E-state index in [1.807, 2.05) is 6.07 Å². The SMILES string of the molecule is COc1ccccc1/C=N\NC(=O)CN(C)S(=O)(=O)c1ccc(Cl)cc1. The Morgan fingerprint density at radius 3 is 2.54 bits per heavy atom. The second kappa shape index (κ2) is 8.79. The summed E-state index contributed by atoms with van der Waals surface area (Å²) in [5.74, 6) is 0.0316. The summed E-state index contributed by atoms with van der Waals surface area (Å²) in [7, 11) is -0.954. The summed E-state index contributed by atoms with van der Waals surface area (Å²) in [5.41, 5.74) is 2.97. The molecule has 9 heteroatoms. The third-order valence-corrected chi connectivity index (χ3v) is 5.49. The predicted molar refractivity (Wildman–Crippen MR) is 100.0 cm³/mol. The molecular formula is C17H18ClN3O4S. The van der Waals surface area contributed by atoms with Gasteiger partial charge in [0.2, 0.25) is 10.0 Å². The summed E-state index contributed by atoms with van der Waals surface area (Å²) < 4.78 is 30.9. The van der Waals surface area contributed by atoms with Crippen LogP contribution in [0, 0.1) is 0 Å². The van der Waals surface area contributed by atoms with Crippen LogP contribution in [0.25, 0.3) is 0 Å². The molecule has 2 aromatic rings. The zero-order chi connectivity index (χ0) is 19.2. The molecule has 0 aliphatic heterocycles. The van der Waals surface area contributed by atoms with Crippen molar-refractivity contribution < 1.29 is 17.9 Å². The van der Waals surface area contributed by atoms with Crippen molar-refractivity contribution in [1.29, 1.82) is 0 Å². The number of methoxy groups -OCH3 is 1. The summed E-state index contributed by atoms with van der Waals surface area (Å²) in [5, 5.41) is 4.25. The number of halogens is 1. The van der Waals surface area contributed by atoms with Crippen LogP contribution >= 0.6 is 11.6 Å². The van der Waals surface area contributed by atoms with Crippen LogP contribution in [0.3, 0.4) is 0 Å². The third-order valence-electron chi connectivity index (χ3n) is 3.42. The molecule has 1 N–H and O–H groups in total. The molecule has 0 bridgehead atoms. The lowest BCUT2D eigenvalue weighted by Gasteiger charge is -2.16. The molecule has 0 heterocycles. The number of amides is 1. The highest BCUT2D eigenvalue weighted by atomic mass is 35.5. The number of ether oxygens (including phenoxy) is 1. The Kier molecular flexibility index (Phi) is 6.73. The normalized spacial score (nSPS) is 11.7. The zero-order valence-electron chi connectivity index (χ0n) is 14.2. The second-order valence-electron chi connectivity index (χ2n) is 5.25. The lowest BCUT2D eigenvalue weighted by atomic mass is 10.2. The summed E-state index contributed by atoms with van der Waals surface area (Å²) in [6.45, 7) is -0.381. The lowest BCUT2D eigenvalue weighted by Crippen LogP contribution is -2.36. The van der Waals surface area contributed by atoms with Gasteiger partial charge in [-0.25, -0.2) is 13.8 Å². The van der Waals surface area contributed by atoms with Gasteiger partial charge in [0.25, 0.3) is 5.91 Å². The molecule has 0 saturated carbocycles. The number of sulfonamides is 1. The number of carbonyl (C=O) groups excluding carboxylic acids is 1. The first kappa shape index (κ1) is 19.9. The first-order chi connectivity index (χ1) is 12.3. The van der Waals surface area contributed by atoms with Gasteiger partial charge in [-0.05, 0) is 36.4 Å². The number of hydrogen-bond donors (Lipinski definition) is 1. The minimum absolute atomic E-state index is 0.0507. The summed E-state index contributed by atoms with van der Waals surface area (Å²) >= 11 is 5.76. The van der Waals surface area contributed by atoms with Crippen LogP contribution in [0.1, 0.15) is 5.56 Å². The Morgan fingerprint density at radius 1 is 1.23 bits per heavy atom. The molecule has 7 nitrogen and oxygen atoms in total. The van der Waals surface area contributed by atoms with Crippen molar-refractivity contribution in [1.82, 2.24) is 9.73 Å². The Labute approximate surface area is 157 Å². The summed E-state index contributed by atoms with van der Waals surface area (Å²) in [4.78, 5) is 12.0. The minimum Gasteiger partial charge on any atom is -0.496 e. The van der Waals surface area contributed by atoms with Gasteiger partial charge < -0.3 is 4.74 Å². The molecule has 0 radical (unpaired) electrons. The molecule has 0 spiro atoms. The Morgan fingerprint density at radius 2 is 1.88 bits per heavy atom. The lowest BCUT2D eigenvalue weighted by molar-refractivity contribution is -0.121. The largest absolute Gasteiger partial charge is 0.496 e. The van der Waals surface area contributed by atoms with E-state index in [2.05, 4.69) is 10.5 Å². The summed E-state index contributed by atoms with van der Waals surface area (Å²) in [6, 6.07) is 12.8. The van der Waals surface area contributed by atoms with Gasteiger partial charge in [-0.1, -0.05) is 23.7 Å². The van der Waals surface area contributed by atoms with Crippen LogP contribution in [-0.2, 0) is 14.8 Å². The number of hydrogen-bond acceptors (Lipinski definition) is 5. The molecule has 1 amide bonds. The van der Waals surface area contributed by atoms with Gasteiger partial charge in [0.15, 0.2) is 0 Å². The first-order valence-corrected chi connectivity index (χ1v) is 9.33. The number of nitrogens with one attached hydrogen (secondary N) is 1. The number of rotatable bonds is 7. The van der Waals surface area contributed by atoms with Crippen LogP contribution in [0.5, 0.6) is 5.75 Å². The molecule has 0 fully saturated rings. The van der Waals surface area contributed by atoms with E-state index in [1.165, 1.54) is 44.6 Å². The Balaban J connectivity index is 1.98. The number of benzene rings is 2. The topological polar surface area (TPSA) is 88.1 Å². The molecule has 26 heavy (non-hydrogen) atoms. The average Bonchev–Trinajstić information content (AvgIpc) is 2.62. The van der Waals surface area contributed by atoms with Gasteiger partial charge in [-0.3, -0.25) is 4.79 Å². The third kappa shape index (κ3) is 5.04. The van der Waals surface area contributed by atoms with Gasteiger partial charge >= 0.3 is 0 Å². The number of carbonyl (C=O) groups is 1. The fourth-order valence-electron chi connectivity index (χ4n) is 2.06. The van der Waals surface area contributed by atoms with E-state index in [-0.39, 0.29) is 11.4 Å². The van der Waals surface area contributed by atoms with Crippen molar-refractivity contribution in [2.45, 2.75) is 4.90 Å². The van der Waals surface area contributed by atoms with Crippen LogP contribution in [0.15, 0.2) is 58.5 Å². The first-order valence-electron chi connectivity index (χ1n) is 7.51. The second-order valence-corrected chi connectivity index (χ2v) is 7.73. The van der Waals surface area contributed by atoms with Crippen LogP contribution in [0.2, 0.25) is 5.02 Å². The quantitative estimate of drug-likeness (QED) is 0.574. The van der Waals surface area contributed by atoms with Gasteiger partial charge in [0.05, 0.1) is 24.8 Å². The van der Waals surface area contributed by atoms with E-state index in [9.17, 15) is 13.2 Å². The Bertz CT molecular complexity index is 898. The number of nitrogens with zero attached hydrogens (tertiary/aromatic N) is 2. The number of hydrazone groups is 1. The highest BCUT2D eigenvalue weighted by Gasteiger charge is 2.22. The van der Waals surface area contributed by atoms with Gasteiger partial charge in [0.1, 0.15) is 5.75 Å².